The molecule has 0 unspecified atom stereocenters. The maximum absolute atomic E-state index is 11.9. The zero-order valence-electron chi connectivity index (χ0n) is 14.7. The van der Waals surface area contributed by atoms with Crippen LogP contribution in [0.4, 0.5) is 11.4 Å². The number of benzene rings is 2. The number of nitro groups is 1. The average Bonchev–Trinajstić information content (AvgIpc) is 2.64. The number of nitrogens with one attached hydrogen (secondary N) is 2. The fraction of sp³-hybridized carbons (Fsp3) is 0.211. The first-order valence-corrected chi connectivity index (χ1v) is 8.08. The van der Waals surface area contributed by atoms with Crippen molar-refractivity contribution >= 4 is 23.4 Å². The molecule has 0 fully saturated rings. The smallest absolute Gasteiger partial charge is 0.269 e. The highest BCUT2D eigenvalue weighted by Gasteiger charge is 2.04. The lowest BCUT2D eigenvalue weighted by atomic mass is 10.1. The third-order valence-corrected chi connectivity index (χ3v) is 3.63. The van der Waals surface area contributed by atoms with E-state index in [0.717, 1.165) is 16.8 Å². The van der Waals surface area contributed by atoms with E-state index in [1.807, 2.05) is 25.1 Å². The van der Waals surface area contributed by atoms with Crippen LogP contribution in [0.2, 0.25) is 0 Å². The Labute approximate surface area is 151 Å². The Morgan fingerprint density at radius 1 is 1.19 bits per heavy atom. The Morgan fingerprint density at radius 3 is 2.58 bits per heavy atom. The number of rotatable bonds is 8. The first kappa shape index (κ1) is 19.0. The van der Waals surface area contributed by atoms with Gasteiger partial charge >= 0.3 is 0 Å². The number of nitro benzene ring substituents is 1. The van der Waals surface area contributed by atoms with Gasteiger partial charge in [0.2, 0.25) is 5.91 Å². The highest BCUT2D eigenvalue weighted by Crippen LogP contribution is 2.20. The second kappa shape index (κ2) is 9.22. The van der Waals surface area contributed by atoms with E-state index in [0.29, 0.717) is 18.8 Å². The summed E-state index contributed by atoms with van der Waals surface area (Å²) in [7, 11) is 1.59. The first-order valence-electron chi connectivity index (χ1n) is 8.08. The number of carbonyl (C=O) groups excluding carboxylic acids is 1. The van der Waals surface area contributed by atoms with Crippen molar-refractivity contribution in [1.82, 2.24) is 5.32 Å². The van der Waals surface area contributed by atoms with Crippen molar-refractivity contribution in [2.24, 2.45) is 0 Å². The second-order valence-corrected chi connectivity index (χ2v) is 5.60. The molecule has 1 amide bonds. The molecule has 0 bridgehead atoms. The number of nitrogens with zero attached hydrogens (tertiary/aromatic N) is 1. The molecular weight excluding hydrogens is 334 g/mol. The fourth-order valence-corrected chi connectivity index (χ4v) is 2.30. The van der Waals surface area contributed by atoms with E-state index in [2.05, 4.69) is 10.6 Å². The van der Waals surface area contributed by atoms with Gasteiger partial charge in [0.05, 0.1) is 12.0 Å². The van der Waals surface area contributed by atoms with Gasteiger partial charge in [-0.1, -0.05) is 11.6 Å². The summed E-state index contributed by atoms with van der Waals surface area (Å²) in [4.78, 5) is 22.0. The number of methoxy groups -OCH3 is 1. The van der Waals surface area contributed by atoms with Crippen LogP contribution in [-0.4, -0.2) is 31.0 Å². The van der Waals surface area contributed by atoms with Crippen LogP contribution in [-0.2, 0) is 4.79 Å². The molecule has 0 atom stereocenters. The summed E-state index contributed by atoms with van der Waals surface area (Å²) in [6, 6.07) is 11.9. The van der Waals surface area contributed by atoms with E-state index in [1.165, 1.54) is 18.2 Å². The maximum atomic E-state index is 11.9. The summed E-state index contributed by atoms with van der Waals surface area (Å²) in [5, 5.41) is 16.4. The third-order valence-electron chi connectivity index (χ3n) is 3.63. The summed E-state index contributed by atoms with van der Waals surface area (Å²) >= 11 is 0. The van der Waals surface area contributed by atoms with Gasteiger partial charge in [0.25, 0.3) is 5.69 Å². The molecule has 0 radical (unpaired) electrons. The summed E-state index contributed by atoms with van der Waals surface area (Å²) in [5.74, 6) is 0.499. The summed E-state index contributed by atoms with van der Waals surface area (Å²) in [5.41, 5.74) is 2.72. The summed E-state index contributed by atoms with van der Waals surface area (Å²) in [6.07, 6.45) is 3.17. The van der Waals surface area contributed by atoms with Crippen LogP contribution in [0, 0.1) is 17.0 Å². The minimum atomic E-state index is -0.445. The van der Waals surface area contributed by atoms with Crippen LogP contribution in [0.25, 0.3) is 6.08 Å². The zero-order valence-corrected chi connectivity index (χ0v) is 14.7. The Morgan fingerprint density at radius 2 is 1.92 bits per heavy atom. The van der Waals surface area contributed by atoms with Gasteiger partial charge in [-0.25, -0.2) is 0 Å². The van der Waals surface area contributed by atoms with Gasteiger partial charge in [-0.05, 0) is 37.3 Å². The molecular formula is C19H21N3O4. The number of ether oxygens (including phenoxy) is 1. The Bertz CT molecular complexity index is 801. The van der Waals surface area contributed by atoms with E-state index in [-0.39, 0.29) is 11.6 Å². The molecule has 136 valence electrons. The molecule has 26 heavy (non-hydrogen) atoms. The summed E-state index contributed by atoms with van der Waals surface area (Å²) in [6.45, 7) is 2.90. The van der Waals surface area contributed by atoms with Crippen molar-refractivity contribution in [3.05, 3.63) is 69.8 Å². The number of hydrogen-bond donors (Lipinski definition) is 2. The molecule has 0 saturated heterocycles. The number of aryl methyl sites for hydroxylation is 1. The van der Waals surface area contributed by atoms with Crippen LogP contribution in [0.5, 0.6) is 5.75 Å². The Kier molecular flexibility index (Phi) is 6.73. The third kappa shape index (κ3) is 5.62. The second-order valence-electron chi connectivity index (χ2n) is 5.60. The maximum Gasteiger partial charge on any atom is 0.269 e. The summed E-state index contributed by atoms with van der Waals surface area (Å²) < 4.78 is 5.27. The quantitative estimate of drug-likeness (QED) is 0.328. The molecule has 2 rings (SSSR count). The van der Waals surface area contributed by atoms with E-state index < -0.39 is 4.92 Å². The van der Waals surface area contributed by atoms with Crippen LogP contribution < -0.4 is 15.4 Å². The number of amides is 1. The lowest BCUT2D eigenvalue weighted by molar-refractivity contribution is -0.384. The minimum absolute atomic E-state index is 0.0422. The van der Waals surface area contributed by atoms with Crippen molar-refractivity contribution in [2.45, 2.75) is 6.92 Å². The van der Waals surface area contributed by atoms with Gasteiger partial charge in [-0.3, -0.25) is 14.9 Å². The van der Waals surface area contributed by atoms with Gasteiger partial charge in [0.15, 0.2) is 0 Å². The van der Waals surface area contributed by atoms with Gasteiger partial charge in [-0.2, -0.15) is 0 Å². The predicted octanol–water partition coefficient (Wildman–Crippen LogP) is 3.15. The topological polar surface area (TPSA) is 93.5 Å². The minimum Gasteiger partial charge on any atom is -0.496 e. The molecule has 2 aromatic rings. The van der Waals surface area contributed by atoms with Gasteiger partial charge in [0.1, 0.15) is 5.75 Å². The molecule has 0 aliphatic rings. The monoisotopic (exact) mass is 355 g/mol. The lowest BCUT2D eigenvalue weighted by Crippen LogP contribution is -2.27. The van der Waals surface area contributed by atoms with Crippen LogP contribution in [0.15, 0.2) is 48.5 Å². The van der Waals surface area contributed by atoms with Crippen molar-refractivity contribution in [1.29, 1.82) is 0 Å². The standard InChI is InChI=1S/C19H21N3O4/c1-14-3-9-18(26-2)15(13-14)4-10-19(23)21-12-11-20-16-5-7-17(8-6-16)22(24)25/h3-10,13,20H,11-12H2,1-2H3,(H,21,23)/b10-4+. The van der Waals surface area contributed by atoms with Crippen LogP contribution in [0.1, 0.15) is 11.1 Å². The van der Waals surface area contributed by atoms with Gasteiger partial charge in [-0.15, -0.1) is 0 Å². The number of carbonyl (C=O) groups is 1. The molecule has 0 aliphatic heterocycles. The van der Waals surface area contributed by atoms with E-state index in [9.17, 15) is 14.9 Å². The van der Waals surface area contributed by atoms with Crippen molar-refractivity contribution < 1.29 is 14.5 Å². The van der Waals surface area contributed by atoms with E-state index >= 15 is 0 Å². The highest BCUT2D eigenvalue weighted by atomic mass is 16.6. The molecule has 2 N–H and O–H groups in total. The number of hydrogen-bond acceptors (Lipinski definition) is 5. The molecule has 0 saturated carbocycles. The molecule has 0 heterocycles. The van der Waals surface area contributed by atoms with E-state index in [1.54, 1.807) is 25.3 Å². The SMILES string of the molecule is COc1ccc(C)cc1/C=C/C(=O)NCCNc1ccc([N+](=O)[O-])cc1. The van der Waals surface area contributed by atoms with Crippen molar-refractivity contribution in [3.63, 3.8) is 0 Å². The lowest BCUT2D eigenvalue weighted by Gasteiger charge is -2.07. The molecule has 0 spiro atoms. The van der Waals surface area contributed by atoms with Crippen LogP contribution >= 0.6 is 0 Å². The molecule has 7 heteroatoms. The van der Waals surface area contributed by atoms with Gasteiger partial charge in [0, 0.05) is 42.5 Å². The zero-order chi connectivity index (χ0) is 18.9. The van der Waals surface area contributed by atoms with Crippen molar-refractivity contribution in [3.8, 4) is 5.75 Å². The van der Waals surface area contributed by atoms with Gasteiger partial charge < -0.3 is 15.4 Å². The predicted molar refractivity (Wildman–Crippen MR) is 101 cm³/mol. The van der Waals surface area contributed by atoms with Crippen LogP contribution in [0.3, 0.4) is 0 Å². The number of anilines is 1. The highest BCUT2D eigenvalue weighted by molar-refractivity contribution is 5.92. The Hall–Kier alpha value is -3.35. The largest absolute Gasteiger partial charge is 0.496 e. The number of non-ortho nitro benzene ring substituents is 1. The molecule has 2 aromatic carbocycles. The average molecular weight is 355 g/mol. The first-order chi connectivity index (χ1) is 12.5. The normalized spacial score (nSPS) is 10.5. The molecule has 0 aromatic heterocycles. The molecule has 7 nitrogen and oxygen atoms in total. The fourth-order valence-electron chi connectivity index (χ4n) is 2.30. The molecule has 0 aliphatic carbocycles. The van der Waals surface area contributed by atoms with E-state index in [4.69, 9.17) is 4.74 Å². The Balaban J connectivity index is 1.78. The van der Waals surface area contributed by atoms with Crippen molar-refractivity contribution in [2.75, 3.05) is 25.5 Å².